The average Bonchev–Trinajstić information content (AvgIpc) is 2.53. The molecule has 2 saturated heterocycles. The van der Waals surface area contributed by atoms with E-state index in [9.17, 15) is 4.39 Å². The smallest absolute Gasteiger partial charge is 0.120 e. The van der Waals surface area contributed by atoms with Gasteiger partial charge >= 0.3 is 0 Å². The molecule has 4 atom stereocenters. The van der Waals surface area contributed by atoms with Gasteiger partial charge in [0.2, 0.25) is 0 Å². The van der Waals surface area contributed by atoms with Crippen LogP contribution in [-0.2, 0) is 4.74 Å². The van der Waals surface area contributed by atoms with Gasteiger partial charge in [-0.05, 0) is 37.6 Å². The lowest BCUT2D eigenvalue weighted by Crippen LogP contribution is -2.58. The molecule has 1 aromatic heterocycles. The lowest BCUT2D eigenvalue weighted by atomic mass is 9.86. The Morgan fingerprint density at radius 2 is 2.26 bits per heavy atom. The number of halogens is 2. The van der Waals surface area contributed by atoms with E-state index < -0.39 is 6.17 Å². The predicted molar refractivity (Wildman–Crippen MR) is 87.6 cm³/mol. The molecule has 122 valence electrons. The van der Waals surface area contributed by atoms with Crippen LogP contribution in [0, 0.1) is 0 Å². The second-order valence-electron chi connectivity index (χ2n) is 6.47. The topological polar surface area (TPSA) is 38.2 Å². The zero-order valence-corrected chi connectivity index (χ0v) is 13.7. The van der Waals surface area contributed by atoms with Crippen LogP contribution in [0.3, 0.4) is 0 Å². The number of fused-ring (bicyclic) bond motifs is 1. The summed E-state index contributed by atoms with van der Waals surface area (Å²) in [6, 6.07) is 4.11. The molecule has 6 heteroatoms. The number of rotatable bonds is 2. The summed E-state index contributed by atoms with van der Waals surface area (Å²) in [6.07, 6.45) is 3.28. The van der Waals surface area contributed by atoms with E-state index in [1.165, 1.54) is 6.33 Å². The minimum absolute atomic E-state index is 0.172. The largest absolute Gasteiger partial charge is 0.375 e. The Bertz CT molecular complexity index is 728. The SMILES string of the molecule is CC1OCC1N1CCC(c2cc3ncncc3cc2Cl)C(F)C1. The summed E-state index contributed by atoms with van der Waals surface area (Å²) < 4.78 is 20.2. The maximum absolute atomic E-state index is 14.8. The summed E-state index contributed by atoms with van der Waals surface area (Å²) in [7, 11) is 0. The number of likely N-dealkylation sites (tertiary alicyclic amines) is 1. The average molecular weight is 336 g/mol. The summed E-state index contributed by atoms with van der Waals surface area (Å²) in [4.78, 5) is 10.5. The van der Waals surface area contributed by atoms with Crippen LogP contribution < -0.4 is 0 Å². The molecule has 0 N–H and O–H groups in total. The lowest BCUT2D eigenvalue weighted by Gasteiger charge is -2.46. The fraction of sp³-hybridized carbons (Fsp3) is 0.529. The van der Waals surface area contributed by atoms with Crippen molar-refractivity contribution >= 4 is 22.5 Å². The molecule has 0 radical (unpaired) electrons. The van der Waals surface area contributed by atoms with E-state index in [0.29, 0.717) is 24.2 Å². The maximum atomic E-state index is 14.8. The van der Waals surface area contributed by atoms with Crippen molar-refractivity contribution in [1.82, 2.24) is 14.9 Å². The lowest BCUT2D eigenvalue weighted by molar-refractivity contribution is -0.134. The summed E-state index contributed by atoms with van der Waals surface area (Å²) in [5, 5.41) is 1.49. The fourth-order valence-electron chi connectivity index (χ4n) is 3.66. The van der Waals surface area contributed by atoms with Crippen molar-refractivity contribution in [1.29, 1.82) is 0 Å². The molecule has 0 spiro atoms. The Hall–Kier alpha value is -1.30. The Kier molecular flexibility index (Phi) is 3.95. The van der Waals surface area contributed by atoms with Crippen LogP contribution in [0.4, 0.5) is 4.39 Å². The van der Waals surface area contributed by atoms with Crippen LogP contribution in [-0.4, -0.2) is 52.9 Å². The molecule has 1 aromatic carbocycles. The van der Waals surface area contributed by atoms with Gasteiger partial charge in [0.25, 0.3) is 0 Å². The minimum Gasteiger partial charge on any atom is -0.375 e. The number of hydrogen-bond donors (Lipinski definition) is 0. The molecular weight excluding hydrogens is 317 g/mol. The van der Waals surface area contributed by atoms with Gasteiger partial charge in [-0.2, -0.15) is 0 Å². The quantitative estimate of drug-likeness (QED) is 0.844. The Morgan fingerprint density at radius 1 is 1.39 bits per heavy atom. The van der Waals surface area contributed by atoms with Crippen LogP contribution in [0.15, 0.2) is 24.7 Å². The van der Waals surface area contributed by atoms with Gasteiger partial charge < -0.3 is 4.74 Å². The van der Waals surface area contributed by atoms with Crippen LogP contribution in [0.25, 0.3) is 10.9 Å². The number of piperidine rings is 1. The van der Waals surface area contributed by atoms with E-state index in [-0.39, 0.29) is 12.0 Å². The third-order valence-corrected chi connectivity index (χ3v) is 5.46. The second kappa shape index (κ2) is 5.96. The zero-order valence-electron chi connectivity index (χ0n) is 13.0. The van der Waals surface area contributed by atoms with Gasteiger partial charge in [0.1, 0.15) is 12.5 Å². The van der Waals surface area contributed by atoms with Crippen LogP contribution >= 0.6 is 11.6 Å². The van der Waals surface area contributed by atoms with Gasteiger partial charge in [-0.25, -0.2) is 14.4 Å². The highest BCUT2D eigenvalue weighted by Gasteiger charge is 2.39. The molecule has 3 heterocycles. The van der Waals surface area contributed by atoms with Crippen molar-refractivity contribution < 1.29 is 9.13 Å². The number of hydrogen-bond acceptors (Lipinski definition) is 4. The van der Waals surface area contributed by atoms with E-state index in [4.69, 9.17) is 16.3 Å². The van der Waals surface area contributed by atoms with Crippen molar-refractivity contribution in [3.8, 4) is 0 Å². The Morgan fingerprint density at radius 3 is 2.96 bits per heavy atom. The van der Waals surface area contributed by atoms with Gasteiger partial charge in [0, 0.05) is 29.1 Å². The number of nitrogens with zero attached hydrogens (tertiary/aromatic N) is 3. The van der Waals surface area contributed by atoms with Gasteiger partial charge in [0.05, 0.1) is 24.3 Å². The highest BCUT2D eigenvalue weighted by atomic mass is 35.5. The number of aromatic nitrogens is 2. The van der Waals surface area contributed by atoms with Gasteiger partial charge in [-0.1, -0.05) is 11.6 Å². The molecule has 2 fully saturated rings. The first-order valence-electron chi connectivity index (χ1n) is 8.02. The van der Waals surface area contributed by atoms with E-state index in [1.54, 1.807) is 6.20 Å². The first-order valence-corrected chi connectivity index (χ1v) is 8.40. The molecule has 4 nitrogen and oxygen atoms in total. The molecule has 4 unspecified atom stereocenters. The Labute approximate surface area is 139 Å². The second-order valence-corrected chi connectivity index (χ2v) is 6.87. The van der Waals surface area contributed by atoms with Crippen molar-refractivity contribution in [2.45, 2.75) is 37.6 Å². The summed E-state index contributed by atoms with van der Waals surface area (Å²) in [6.45, 7) is 4.09. The molecule has 0 amide bonds. The Balaban J connectivity index is 1.57. The summed E-state index contributed by atoms with van der Waals surface area (Å²) >= 11 is 6.41. The van der Waals surface area contributed by atoms with E-state index in [0.717, 1.165) is 29.4 Å². The first-order chi connectivity index (χ1) is 11.1. The number of ether oxygens (including phenoxy) is 1. The van der Waals surface area contributed by atoms with E-state index in [2.05, 4.69) is 14.9 Å². The molecule has 23 heavy (non-hydrogen) atoms. The molecule has 0 aliphatic carbocycles. The maximum Gasteiger partial charge on any atom is 0.120 e. The summed E-state index contributed by atoms with van der Waals surface area (Å²) in [5.41, 5.74) is 1.68. The number of alkyl halides is 1. The van der Waals surface area contributed by atoms with Crippen LogP contribution in [0.5, 0.6) is 0 Å². The van der Waals surface area contributed by atoms with Gasteiger partial charge in [-0.3, -0.25) is 4.90 Å². The van der Waals surface area contributed by atoms with Crippen molar-refractivity contribution in [2.75, 3.05) is 19.7 Å². The van der Waals surface area contributed by atoms with E-state index in [1.807, 2.05) is 19.1 Å². The molecule has 2 aliphatic heterocycles. The third-order valence-electron chi connectivity index (χ3n) is 5.14. The van der Waals surface area contributed by atoms with Crippen molar-refractivity contribution in [3.05, 3.63) is 35.2 Å². The molecular formula is C17H19ClFN3O. The molecule has 0 saturated carbocycles. The van der Waals surface area contributed by atoms with Gasteiger partial charge in [0.15, 0.2) is 0 Å². The van der Waals surface area contributed by atoms with E-state index >= 15 is 0 Å². The molecule has 2 aliphatic rings. The highest BCUT2D eigenvalue weighted by Crippen LogP contribution is 2.37. The standard InChI is InChI=1S/C17H19ClFN3O/c1-10-17(8-23-10)22-3-2-12(15(19)7-22)13-5-16-11(4-14(13)18)6-20-9-21-16/h4-6,9-10,12,15,17H,2-3,7-8H2,1H3. The fourth-order valence-corrected chi connectivity index (χ4v) is 3.97. The minimum atomic E-state index is -0.923. The van der Waals surface area contributed by atoms with Crippen LogP contribution in [0.1, 0.15) is 24.8 Å². The van der Waals surface area contributed by atoms with Crippen LogP contribution in [0.2, 0.25) is 5.02 Å². The third kappa shape index (κ3) is 2.71. The summed E-state index contributed by atoms with van der Waals surface area (Å²) in [5.74, 6) is -0.172. The molecule has 2 aromatic rings. The zero-order chi connectivity index (χ0) is 16.0. The van der Waals surface area contributed by atoms with Crippen molar-refractivity contribution in [2.24, 2.45) is 0 Å². The molecule has 0 bridgehead atoms. The molecule has 4 rings (SSSR count). The predicted octanol–water partition coefficient (Wildman–Crippen LogP) is 3.20. The van der Waals surface area contributed by atoms with Crippen molar-refractivity contribution in [3.63, 3.8) is 0 Å². The normalized spacial score (nSPS) is 32.0. The number of benzene rings is 1. The monoisotopic (exact) mass is 335 g/mol. The highest BCUT2D eigenvalue weighted by molar-refractivity contribution is 6.32. The first kappa shape index (κ1) is 15.2. The van der Waals surface area contributed by atoms with Gasteiger partial charge in [-0.15, -0.1) is 0 Å².